The van der Waals surface area contributed by atoms with Crippen LogP contribution < -0.4 is 14.8 Å². The molecule has 0 bridgehead atoms. The van der Waals surface area contributed by atoms with Crippen molar-refractivity contribution < 1.29 is 18.9 Å². The summed E-state index contributed by atoms with van der Waals surface area (Å²) in [5, 5.41) is 3.39. The van der Waals surface area contributed by atoms with E-state index in [0.717, 1.165) is 29.9 Å². The summed E-state index contributed by atoms with van der Waals surface area (Å²) in [7, 11) is 7.04. The quantitative estimate of drug-likeness (QED) is 0.871. The maximum Gasteiger partial charge on any atom is 0.122 e. The van der Waals surface area contributed by atoms with Gasteiger partial charge in [0.25, 0.3) is 0 Å². The Labute approximate surface area is 126 Å². The van der Waals surface area contributed by atoms with Crippen LogP contribution in [0.15, 0.2) is 18.2 Å². The molecule has 1 aromatic carbocycles. The van der Waals surface area contributed by atoms with Crippen molar-refractivity contribution in [3.63, 3.8) is 0 Å². The molecule has 1 unspecified atom stereocenters. The van der Waals surface area contributed by atoms with Crippen molar-refractivity contribution in [3.05, 3.63) is 23.8 Å². The highest BCUT2D eigenvalue weighted by Gasteiger charge is 2.41. The van der Waals surface area contributed by atoms with Crippen LogP contribution in [0.4, 0.5) is 0 Å². The lowest BCUT2D eigenvalue weighted by atomic mass is 9.82. The van der Waals surface area contributed by atoms with Crippen LogP contribution in [-0.4, -0.2) is 47.2 Å². The van der Waals surface area contributed by atoms with E-state index in [2.05, 4.69) is 5.32 Å². The summed E-state index contributed by atoms with van der Waals surface area (Å²) in [6.45, 7) is 1.43. The van der Waals surface area contributed by atoms with Gasteiger partial charge in [0.05, 0.1) is 25.9 Å². The summed E-state index contributed by atoms with van der Waals surface area (Å²) in [5.74, 6) is 1.56. The first kappa shape index (κ1) is 16.1. The van der Waals surface area contributed by atoms with Crippen molar-refractivity contribution in [2.45, 2.75) is 24.5 Å². The van der Waals surface area contributed by atoms with E-state index < -0.39 is 0 Å². The molecular formula is C16H25NO4. The van der Waals surface area contributed by atoms with E-state index in [1.807, 2.05) is 25.2 Å². The van der Waals surface area contributed by atoms with Gasteiger partial charge in [-0.1, -0.05) is 0 Å². The standard InChI is InChI=1S/C16H25NO4/c1-17-15(16(20-4)5-7-21-8-6-16)12-9-13(18-2)11-14(10-12)19-3/h9-11,15,17H,5-8H2,1-4H3. The van der Waals surface area contributed by atoms with Gasteiger partial charge in [-0.05, 0) is 24.7 Å². The second kappa shape index (κ2) is 7.11. The number of likely N-dealkylation sites (N-methyl/N-ethyl adjacent to an activating group) is 1. The molecule has 0 aromatic heterocycles. The topological polar surface area (TPSA) is 49.0 Å². The molecule has 1 heterocycles. The van der Waals surface area contributed by atoms with Crippen molar-refractivity contribution in [2.24, 2.45) is 0 Å². The Morgan fingerprint density at radius 2 is 1.62 bits per heavy atom. The second-order valence-electron chi connectivity index (χ2n) is 5.25. The van der Waals surface area contributed by atoms with Crippen LogP contribution in [0.2, 0.25) is 0 Å². The van der Waals surface area contributed by atoms with Gasteiger partial charge in [0.2, 0.25) is 0 Å². The molecule has 1 N–H and O–H groups in total. The molecule has 1 fully saturated rings. The zero-order chi connectivity index (χ0) is 15.3. The predicted molar refractivity (Wildman–Crippen MR) is 81.1 cm³/mol. The van der Waals surface area contributed by atoms with Gasteiger partial charge in [-0.15, -0.1) is 0 Å². The van der Waals surface area contributed by atoms with E-state index in [0.29, 0.717) is 13.2 Å². The van der Waals surface area contributed by atoms with Crippen LogP contribution in [-0.2, 0) is 9.47 Å². The molecule has 1 atom stereocenters. The first-order valence-corrected chi connectivity index (χ1v) is 7.22. The van der Waals surface area contributed by atoms with Crippen molar-refractivity contribution in [2.75, 3.05) is 41.6 Å². The average molecular weight is 295 g/mol. The molecule has 21 heavy (non-hydrogen) atoms. The van der Waals surface area contributed by atoms with Gasteiger partial charge in [0, 0.05) is 39.2 Å². The highest BCUT2D eigenvalue weighted by Crippen LogP contribution is 2.39. The molecule has 118 valence electrons. The van der Waals surface area contributed by atoms with Crippen molar-refractivity contribution in [1.82, 2.24) is 5.32 Å². The molecule has 1 aliphatic heterocycles. The van der Waals surface area contributed by atoms with Crippen LogP contribution in [0.1, 0.15) is 24.4 Å². The number of nitrogens with one attached hydrogen (secondary N) is 1. The number of rotatable bonds is 6. The summed E-state index contributed by atoms with van der Waals surface area (Å²) >= 11 is 0. The third kappa shape index (κ3) is 3.31. The average Bonchev–Trinajstić information content (AvgIpc) is 2.55. The Morgan fingerprint density at radius 3 is 2.05 bits per heavy atom. The Bertz CT molecular complexity index is 435. The molecule has 1 saturated heterocycles. The summed E-state index contributed by atoms with van der Waals surface area (Å²) in [6.07, 6.45) is 1.71. The van der Waals surface area contributed by atoms with E-state index in [-0.39, 0.29) is 11.6 Å². The molecular weight excluding hydrogens is 270 g/mol. The third-order valence-corrected chi connectivity index (χ3v) is 4.27. The Hall–Kier alpha value is -1.30. The van der Waals surface area contributed by atoms with Gasteiger partial charge in [-0.25, -0.2) is 0 Å². The van der Waals surface area contributed by atoms with Gasteiger partial charge in [0.15, 0.2) is 0 Å². The van der Waals surface area contributed by atoms with Gasteiger partial charge >= 0.3 is 0 Å². The van der Waals surface area contributed by atoms with Gasteiger partial charge in [-0.3, -0.25) is 0 Å². The molecule has 0 aliphatic carbocycles. The Balaban J connectivity index is 2.39. The summed E-state index contributed by atoms with van der Waals surface area (Å²) in [5.41, 5.74) is 0.821. The van der Waals surface area contributed by atoms with E-state index in [4.69, 9.17) is 18.9 Å². The van der Waals surface area contributed by atoms with Crippen LogP contribution >= 0.6 is 0 Å². The summed E-state index contributed by atoms with van der Waals surface area (Å²) < 4.78 is 22.1. The monoisotopic (exact) mass is 295 g/mol. The van der Waals surface area contributed by atoms with Gasteiger partial charge < -0.3 is 24.3 Å². The Morgan fingerprint density at radius 1 is 1.05 bits per heavy atom. The van der Waals surface area contributed by atoms with E-state index >= 15 is 0 Å². The second-order valence-corrected chi connectivity index (χ2v) is 5.25. The number of methoxy groups -OCH3 is 3. The van der Waals surface area contributed by atoms with Gasteiger partial charge in [0.1, 0.15) is 11.5 Å². The van der Waals surface area contributed by atoms with Crippen molar-refractivity contribution >= 4 is 0 Å². The van der Waals surface area contributed by atoms with E-state index in [1.54, 1.807) is 21.3 Å². The van der Waals surface area contributed by atoms with Crippen LogP contribution in [0.3, 0.4) is 0 Å². The number of benzene rings is 1. The van der Waals surface area contributed by atoms with Crippen LogP contribution in [0.5, 0.6) is 11.5 Å². The predicted octanol–water partition coefficient (Wildman–Crippen LogP) is 2.16. The fourth-order valence-corrected chi connectivity index (χ4v) is 3.06. The number of ether oxygens (including phenoxy) is 4. The van der Waals surface area contributed by atoms with Gasteiger partial charge in [-0.2, -0.15) is 0 Å². The zero-order valence-electron chi connectivity index (χ0n) is 13.3. The molecule has 5 nitrogen and oxygen atoms in total. The van der Waals surface area contributed by atoms with E-state index in [1.165, 1.54) is 0 Å². The lowest BCUT2D eigenvalue weighted by Gasteiger charge is -2.42. The lowest BCUT2D eigenvalue weighted by Crippen LogP contribution is -2.48. The number of hydrogen-bond donors (Lipinski definition) is 1. The SMILES string of the molecule is CNC(c1cc(OC)cc(OC)c1)C1(OC)CCOCC1. The lowest BCUT2D eigenvalue weighted by molar-refractivity contribution is -0.110. The first-order chi connectivity index (χ1) is 10.2. The highest BCUT2D eigenvalue weighted by atomic mass is 16.5. The van der Waals surface area contributed by atoms with Crippen LogP contribution in [0, 0.1) is 0 Å². The molecule has 0 spiro atoms. The minimum absolute atomic E-state index is 0.0513. The minimum Gasteiger partial charge on any atom is -0.497 e. The molecule has 5 heteroatoms. The molecule has 2 rings (SSSR count). The minimum atomic E-state index is -0.273. The fraction of sp³-hybridized carbons (Fsp3) is 0.625. The highest BCUT2D eigenvalue weighted by molar-refractivity contribution is 5.40. The maximum atomic E-state index is 5.91. The molecule has 0 radical (unpaired) electrons. The molecule has 0 amide bonds. The number of hydrogen-bond acceptors (Lipinski definition) is 5. The largest absolute Gasteiger partial charge is 0.497 e. The zero-order valence-corrected chi connectivity index (χ0v) is 13.3. The normalized spacial score (nSPS) is 19.0. The summed E-state index contributed by atoms with van der Waals surface area (Å²) in [4.78, 5) is 0. The molecule has 0 saturated carbocycles. The van der Waals surface area contributed by atoms with Crippen molar-refractivity contribution in [1.29, 1.82) is 0 Å². The smallest absolute Gasteiger partial charge is 0.122 e. The molecule has 1 aliphatic rings. The summed E-state index contributed by atoms with van der Waals surface area (Å²) in [6, 6.07) is 5.98. The van der Waals surface area contributed by atoms with E-state index in [9.17, 15) is 0 Å². The fourth-order valence-electron chi connectivity index (χ4n) is 3.06. The first-order valence-electron chi connectivity index (χ1n) is 7.22. The van der Waals surface area contributed by atoms with Crippen LogP contribution in [0.25, 0.3) is 0 Å². The Kier molecular flexibility index (Phi) is 5.45. The molecule has 1 aromatic rings. The van der Waals surface area contributed by atoms with Crippen molar-refractivity contribution in [3.8, 4) is 11.5 Å². The maximum absolute atomic E-state index is 5.91. The third-order valence-electron chi connectivity index (χ3n) is 4.27.